The van der Waals surface area contributed by atoms with Crippen molar-refractivity contribution in [3.63, 3.8) is 0 Å². The van der Waals surface area contributed by atoms with Gasteiger partial charge in [-0.15, -0.1) is 0 Å². The van der Waals surface area contributed by atoms with Crippen LogP contribution in [0.1, 0.15) is 31.2 Å². The van der Waals surface area contributed by atoms with Gasteiger partial charge < -0.3 is 15.2 Å². The van der Waals surface area contributed by atoms with Crippen molar-refractivity contribution in [1.82, 2.24) is 10.3 Å². The predicted octanol–water partition coefficient (Wildman–Crippen LogP) is 2.00. The van der Waals surface area contributed by atoms with E-state index in [0.29, 0.717) is 12.2 Å². The Kier molecular flexibility index (Phi) is 6.58. The number of aryl methyl sites for hydroxylation is 1. The minimum atomic E-state index is 0.255. The van der Waals surface area contributed by atoms with E-state index in [9.17, 15) is 5.11 Å². The van der Waals surface area contributed by atoms with Gasteiger partial charge in [0.2, 0.25) is 0 Å². The zero-order chi connectivity index (χ0) is 12.5. The molecule has 4 heteroatoms. The topological polar surface area (TPSA) is 54.4 Å². The Morgan fingerprint density at radius 2 is 2.18 bits per heavy atom. The summed E-state index contributed by atoms with van der Waals surface area (Å²) in [7, 11) is 0. The van der Waals surface area contributed by atoms with Crippen LogP contribution in [0.4, 0.5) is 0 Å². The number of nitrogens with zero attached hydrogens (tertiary/aromatic N) is 1. The Hall–Kier alpha value is -1.13. The summed E-state index contributed by atoms with van der Waals surface area (Å²) in [6, 6.07) is 3.49. The van der Waals surface area contributed by atoms with Crippen LogP contribution in [-0.2, 0) is 11.3 Å². The Morgan fingerprint density at radius 1 is 1.35 bits per heavy atom. The molecule has 0 aliphatic carbocycles. The minimum absolute atomic E-state index is 0.255. The zero-order valence-corrected chi connectivity index (χ0v) is 10.7. The van der Waals surface area contributed by atoms with Crippen molar-refractivity contribution in [3.8, 4) is 5.75 Å². The van der Waals surface area contributed by atoms with Gasteiger partial charge in [-0.05, 0) is 38.4 Å². The predicted molar refractivity (Wildman–Crippen MR) is 68.1 cm³/mol. The van der Waals surface area contributed by atoms with E-state index in [1.54, 1.807) is 12.1 Å². The van der Waals surface area contributed by atoms with Crippen LogP contribution in [0.2, 0.25) is 0 Å². The van der Waals surface area contributed by atoms with Crippen LogP contribution in [0.25, 0.3) is 0 Å². The van der Waals surface area contributed by atoms with Crippen molar-refractivity contribution in [2.24, 2.45) is 0 Å². The third-order valence-electron chi connectivity index (χ3n) is 2.37. The smallest absolute Gasteiger partial charge is 0.138 e. The van der Waals surface area contributed by atoms with Crippen molar-refractivity contribution < 1.29 is 9.84 Å². The summed E-state index contributed by atoms with van der Waals surface area (Å²) < 4.78 is 5.37. The van der Waals surface area contributed by atoms with Crippen molar-refractivity contribution >= 4 is 0 Å². The molecule has 96 valence electrons. The monoisotopic (exact) mass is 238 g/mol. The lowest BCUT2D eigenvalue weighted by molar-refractivity contribution is 0.132. The molecule has 0 radical (unpaired) electrons. The molecule has 0 saturated heterocycles. The van der Waals surface area contributed by atoms with Gasteiger partial charge >= 0.3 is 0 Å². The van der Waals surface area contributed by atoms with E-state index in [1.807, 2.05) is 6.92 Å². The van der Waals surface area contributed by atoms with E-state index in [4.69, 9.17) is 4.74 Å². The van der Waals surface area contributed by atoms with E-state index in [1.165, 1.54) is 0 Å². The standard InChI is InChI=1S/C13H22N2O2/c1-3-8-17-9-4-7-14-10-12-13(16)6-5-11(2)15-12/h5-6,14,16H,3-4,7-10H2,1-2H3. The van der Waals surface area contributed by atoms with Crippen molar-refractivity contribution in [2.75, 3.05) is 19.8 Å². The molecule has 0 bridgehead atoms. The molecular formula is C13H22N2O2. The van der Waals surface area contributed by atoms with E-state index in [-0.39, 0.29) is 5.75 Å². The van der Waals surface area contributed by atoms with Crippen LogP contribution in [0.5, 0.6) is 5.75 Å². The fourth-order valence-corrected chi connectivity index (χ4v) is 1.49. The first-order chi connectivity index (χ1) is 8.24. The van der Waals surface area contributed by atoms with E-state index in [2.05, 4.69) is 17.2 Å². The molecule has 0 atom stereocenters. The lowest BCUT2D eigenvalue weighted by Crippen LogP contribution is -2.17. The Bertz CT molecular complexity index is 329. The van der Waals surface area contributed by atoms with Gasteiger partial charge in [0, 0.05) is 25.5 Å². The molecule has 0 aliphatic heterocycles. The number of aromatic hydroxyl groups is 1. The summed E-state index contributed by atoms with van der Waals surface area (Å²) in [6.45, 7) is 7.11. The molecule has 0 saturated carbocycles. The van der Waals surface area contributed by atoms with E-state index >= 15 is 0 Å². The second kappa shape index (κ2) is 8.03. The quantitative estimate of drug-likeness (QED) is 0.680. The van der Waals surface area contributed by atoms with Crippen LogP contribution in [0, 0.1) is 6.92 Å². The Balaban J connectivity index is 2.15. The van der Waals surface area contributed by atoms with Crippen molar-refractivity contribution in [3.05, 3.63) is 23.5 Å². The maximum atomic E-state index is 9.58. The van der Waals surface area contributed by atoms with Crippen LogP contribution in [0.15, 0.2) is 12.1 Å². The average molecular weight is 238 g/mol. The molecule has 0 amide bonds. The second-order valence-corrected chi connectivity index (χ2v) is 4.06. The molecule has 1 aromatic rings. The first kappa shape index (κ1) is 13.9. The fraction of sp³-hybridized carbons (Fsp3) is 0.615. The second-order valence-electron chi connectivity index (χ2n) is 4.06. The number of ether oxygens (including phenoxy) is 1. The first-order valence-electron chi connectivity index (χ1n) is 6.18. The summed E-state index contributed by atoms with van der Waals surface area (Å²) >= 11 is 0. The summed E-state index contributed by atoms with van der Waals surface area (Å²) in [4.78, 5) is 4.28. The summed E-state index contributed by atoms with van der Waals surface area (Å²) in [5.74, 6) is 0.255. The zero-order valence-electron chi connectivity index (χ0n) is 10.7. The summed E-state index contributed by atoms with van der Waals surface area (Å²) in [5.41, 5.74) is 1.63. The molecule has 2 N–H and O–H groups in total. The van der Waals surface area contributed by atoms with Crippen LogP contribution in [0.3, 0.4) is 0 Å². The van der Waals surface area contributed by atoms with Gasteiger partial charge in [0.15, 0.2) is 0 Å². The van der Waals surface area contributed by atoms with Gasteiger partial charge in [0.25, 0.3) is 0 Å². The molecule has 1 heterocycles. The van der Waals surface area contributed by atoms with Gasteiger partial charge in [-0.3, -0.25) is 4.98 Å². The lowest BCUT2D eigenvalue weighted by atomic mass is 10.3. The van der Waals surface area contributed by atoms with E-state index < -0.39 is 0 Å². The van der Waals surface area contributed by atoms with Crippen LogP contribution >= 0.6 is 0 Å². The molecular weight excluding hydrogens is 216 g/mol. The van der Waals surface area contributed by atoms with Gasteiger partial charge in [0.1, 0.15) is 5.75 Å². The number of hydrogen-bond acceptors (Lipinski definition) is 4. The maximum Gasteiger partial charge on any atom is 0.138 e. The van der Waals surface area contributed by atoms with Gasteiger partial charge in [-0.25, -0.2) is 0 Å². The van der Waals surface area contributed by atoms with Crippen molar-refractivity contribution in [2.45, 2.75) is 33.2 Å². The SMILES string of the molecule is CCCOCCCNCc1nc(C)ccc1O. The summed E-state index contributed by atoms with van der Waals surface area (Å²) in [5, 5.41) is 12.8. The Morgan fingerprint density at radius 3 is 2.94 bits per heavy atom. The molecule has 0 aromatic carbocycles. The highest BCUT2D eigenvalue weighted by Gasteiger charge is 2.01. The van der Waals surface area contributed by atoms with Crippen LogP contribution in [-0.4, -0.2) is 29.8 Å². The molecule has 0 unspecified atom stereocenters. The number of hydrogen-bond donors (Lipinski definition) is 2. The van der Waals surface area contributed by atoms with E-state index in [0.717, 1.165) is 38.3 Å². The van der Waals surface area contributed by atoms with Gasteiger partial charge in [-0.1, -0.05) is 6.92 Å². The highest BCUT2D eigenvalue weighted by molar-refractivity contribution is 5.27. The number of pyridine rings is 1. The Labute approximate surface area is 103 Å². The molecule has 0 spiro atoms. The minimum Gasteiger partial charge on any atom is -0.506 e. The normalized spacial score (nSPS) is 10.7. The maximum absolute atomic E-state index is 9.58. The molecule has 0 fully saturated rings. The average Bonchev–Trinajstić information content (AvgIpc) is 2.32. The highest BCUT2D eigenvalue weighted by Crippen LogP contribution is 2.13. The molecule has 1 aromatic heterocycles. The molecule has 1 rings (SSSR count). The van der Waals surface area contributed by atoms with Gasteiger partial charge in [-0.2, -0.15) is 0 Å². The lowest BCUT2D eigenvalue weighted by Gasteiger charge is -2.07. The third-order valence-corrected chi connectivity index (χ3v) is 2.37. The fourth-order valence-electron chi connectivity index (χ4n) is 1.49. The summed E-state index contributed by atoms with van der Waals surface area (Å²) in [6.07, 6.45) is 2.04. The number of aromatic nitrogens is 1. The van der Waals surface area contributed by atoms with Gasteiger partial charge in [0.05, 0.1) is 5.69 Å². The van der Waals surface area contributed by atoms with Crippen molar-refractivity contribution in [1.29, 1.82) is 0 Å². The number of rotatable bonds is 8. The third kappa shape index (κ3) is 5.65. The largest absolute Gasteiger partial charge is 0.506 e. The van der Waals surface area contributed by atoms with Crippen LogP contribution < -0.4 is 5.32 Å². The highest BCUT2D eigenvalue weighted by atomic mass is 16.5. The number of nitrogens with one attached hydrogen (secondary N) is 1. The molecule has 4 nitrogen and oxygen atoms in total. The molecule has 17 heavy (non-hydrogen) atoms. The molecule has 0 aliphatic rings. The first-order valence-corrected chi connectivity index (χ1v) is 6.18.